The number of carbonyl (C=O) groups excluding carboxylic acids is 2. The van der Waals surface area contributed by atoms with E-state index in [1.807, 2.05) is 0 Å². The molecule has 0 saturated carbocycles. The molecule has 0 aliphatic heterocycles. The first-order valence-electron chi connectivity index (χ1n) is 6.44. The average molecular weight is 322 g/mol. The number of hydrogen-bond donors (Lipinski definition) is 1. The average Bonchev–Trinajstić information content (AvgIpc) is 2.48. The molecule has 114 valence electrons. The van der Waals surface area contributed by atoms with E-state index in [-0.39, 0.29) is 23.7 Å². The number of hydrogen-bond acceptors (Lipinski definition) is 3. The molecule has 0 spiro atoms. The van der Waals surface area contributed by atoms with E-state index in [1.165, 1.54) is 19.1 Å². The Morgan fingerprint density at radius 1 is 1.18 bits per heavy atom. The molecule has 1 amide bonds. The zero-order valence-corrected chi connectivity index (χ0v) is 12.5. The first-order valence-corrected chi connectivity index (χ1v) is 6.82. The van der Waals surface area contributed by atoms with Gasteiger partial charge in [0.15, 0.2) is 12.4 Å². The standard InChI is InChI=1S/C16H13ClFNO3/c1-10(20)14-8-12(18)4-7-15(14)22-9-16(21)19-13-5-2-11(17)3-6-13/h2-8H,9H2,1H3,(H,19,21). The van der Waals surface area contributed by atoms with Crippen LogP contribution in [0.2, 0.25) is 5.02 Å². The van der Waals surface area contributed by atoms with Crippen LogP contribution in [0.3, 0.4) is 0 Å². The number of carbonyl (C=O) groups is 2. The van der Waals surface area contributed by atoms with Gasteiger partial charge in [0.1, 0.15) is 11.6 Å². The molecule has 0 aliphatic rings. The molecule has 0 saturated heterocycles. The predicted molar refractivity (Wildman–Crippen MR) is 82.0 cm³/mol. The second kappa shape index (κ2) is 7.04. The van der Waals surface area contributed by atoms with Gasteiger partial charge in [-0.1, -0.05) is 11.6 Å². The lowest BCUT2D eigenvalue weighted by atomic mass is 10.1. The van der Waals surface area contributed by atoms with E-state index in [0.29, 0.717) is 10.7 Å². The van der Waals surface area contributed by atoms with E-state index in [1.54, 1.807) is 24.3 Å². The van der Waals surface area contributed by atoms with Crippen molar-refractivity contribution in [1.29, 1.82) is 0 Å². The Balaban J connectivity index is 1.99. The van der Waals surface area contributed by atoms with Crippen molar-refractivity contribution in [3.05, 3.63) is 58.9 Å². The molecule has 0 atom stereocenters. The van der Waals surface area contributed by atoms with Gasteiger partial charge in [0.25, 0.3) is 5.91 Å². The van der Waals surface area contributed by atoms with E-state index in [9.17, 15) is 14.0 Å². The summed E-state index contributed by atoms with van der Waals surface area (Å²) in [6.45, 7) is 1.00. The molecule has 0 aromatic heterocycles. The number of amides is 1. The van der Waals surface area contributed by atoms with Crippen LogP contribution in [-0.4, -0.2) is 18.3 Å². The molecule has 6 heteroatoms. The second-order valence-electron chi connectivity index (χ2n) is 4.54. The highest BCUT2D eigenvalue weighted by molar-refractivity contribution is 6.30. The molecule has 2 aromatic carbocycles. The summed E-state index contributed by atoms with van der Waals surface area (Å²) in [7, 11) is 0. The lowest BCUT2D eigenvalue weighted by Gasteiger charge is -2.10. The van der Waals surface area contributed by atoms with E-state index in [2.05, 4.69) is 5.32 Å². The lowest BCUT2D eigenvalue weighted by molar-refractivity contribution is -0.118. The van der Waals surface area contributed by atoms with Crippen LogP contribution in [0.1, 0.15) is 17.3 Å². The molecule has 0 heterocycles. The molecule has 22 heavy (non-hydrogen) atoms. The minimum atomic E-state index is -0.539. The summed E-state index contributed by atoms with van der Waals surface area (Å²) in [4.78, 5) is 23.2. The van der Waals surface area contributed by atoms with Crippen LogP contribution >= 0.6 is 11.6 Å². The minimum absolute atomic E-state index is 0.0966. The molecule has 4 nitrogen and oxygen atoms in total. The van der Waals surface area contributed by atoms with Gasteiger partial charge in [0.2, 0.25) is 0 Å². The van der Waals surface area contributed by atoms with Crippen LogP contribution in [0.15, 0.2) is 42.5 Å². The Labute approximate surface area is 131 Å². The maximum absolute atomic E-state index is 13.1. The highest BCUT2D eigenvalue weighted by atomic mass is 35.5. The predicted octanol–water partition coefficient (Wildman–Crippen LogP) is 3.70. The van der Waals surface area contributed by atoms with Crippen molar-refractivity contribution in [2.45, 2.75) is 6.92 Å². The molecule has 2 rings (SSSR count). The Kier molecular flexibility index (Phi) is 5.12. The van der Waals surface area contributed by atoms with Gasteiger partial charge < -0.3 is 10.1 Å². The van der Waals surface area contributed by atoms with E-state index >= 15 is 0 Å². The Morgan fingerprint density at radius 3 is 2.50 bits per heavy atom. The molecule has 1 N–H and O–H groups in total. The third-order valence-corrected chi connectivity index (χ3v) is 3.06. The van der Waals surface area contributed by atoms with Crippen molar-refractivity contribution in [3.8, 4) is 5.75 Å². The third kappa shape index (κ3) is 4.30. The van der Waals surface area contributed by atoms with Crippen molar-refractivity contribution in [2.75, 3.05) is 11.9 Å². The fourth-order valence-corrected chi connectivity index (χ4v) is 1.90. The van der Waals surface area contributed by atoms with Crippen molar-refractivity contribution in [1.82, 2.24) is 0 Å². The van der Waals surface area contributed by atoms with E-state index in [0.717, 1.165) is 6.07 Å². The highest BCUT2D eigenvalue weighted by Gasteiger charge is 2.11. The van der Waals surface area contributed by atoms with Crippen LogP contribution in [0, 0.1) is 5.82 Å². The van der Waals surface area contributed by atoms with Crippen LogP contribution < -0.4 is 10.1 Å². The van der Waals surface area contributed by atoms with Crippen LogP contribution in [0.5, 0.6) is 5.75 Å². The summed E-state index contributed by atoms with van der Waals surface area (Å²) in [6.07, 6.45) is 0. The number of Topliss-reactive ketones (excluding diaryl/α,β-unsaturated/α-hetero) is 1. The van der Waals surface area contributed by atoms with Crippen molar-refractivity contribution < 1.29 is 18.7 Å². The molecule has 0 aliphatic carbocycles. The van der Waals surface area contributed by atoms with Gasteiger partial charge in [-0.05, 0) is 49.4 Å². The Morgan fingerprint density at radius 2 is 1.86 bits per heavy atom. The van der Waals surface area contributed by atoms with Gasteiger partial charge in [-0.3, -0.25) is 9.59 Å². The summed E-state index contributed by atoms with van der Waals surface area (Å²) in [6, 6.07) is 10.2. The molecule has 0 bridgehead atoms. The smallest absolute Gasteiger partial charge is 0.262 e. The molecule has 0 fully saturated rings. The van der Waals surface area contributed by atoms with Crippen LogP contribution in [-0.2, 0) is 4.79 Å². The fraction of sp³-hybridized carbons (Fsp3) is 0.125. The summed E-state index contributed by atoms with van der Waals surface area (Å²) in [5.41, 5.74) is 0.670. The van der Waals surface area contributed by atoms with Gasteiger partial charge in [-0.15, -0.1) is 0 Å². The largest absolute Gasteiger partial charge is 0.483 e. The van der Waals surface area contributed by atoms with Crippen molar-refractivity contribution in [2.24, 2.45) is 0 Å². The summed E-state index contributed by atoms with van der Waals surface area (Å²) in [5.74, 6) is -1.11. The minimum Gasteiger partial charge on any atom is -0.483 e. The number of benzene rings is 2. The topological polar surface area (TPSA) is 55.4 Å². The Hall–Kier alpha value is -2.40. The number of ether oxygens (including phenoxy) is 1. The number of ketones is 1. The summed E-state index contributed by atoms with van der Waals surface area (Å²) >= 11 is 5.75. The van der Waals surface area contributed by atoms with E-state index < -0.39 is 11.7 Å². The van der Waals surface area contributed by atoms with Crippen molar-refractivity contribution >= 4 is 29.0 Å². The third-order valence-electron chi connectivity index (χ3n) is 2.81. The van der Waals surface area contributed by atoms with Crippen LogP contribution in [0.4, 0.5) is 10.1 Å². The zero-order chi connectivity index (χ0) is 16.1. The fourth-order valence-electron chi connectivity index (χ4n) is 1.78. The normalized spacial score (nSPS) is 10.1. The summed E-state index contributed by atoms with van der Waals surface area (Å²) < 4.78 is 18.4. The second-order valence-corrected chi connectivity index (χ2v) is 4.98. The monoisotopic (exact) mass is 321 g/mol. The molecule has 2 aromatic rings. The first-order chi connectivity index (χ1) is 10.5. The van der Waals surface area contributed by atoms with Crippen molar-refractivity contribution in [3.63, 3.8) is 0 Å². The molecular weight excluding hydrogens is 309 g/mol. The van der Waals surface area contributed by atoms with Gasteiger partial charge in [-0.25, -0.2) is 4.39 Å². The number of halogens is 2. The molecular formula is C16H13ClFNO3. The van der Waals surface area contributed by atoms with Gasteiger partial charge in [-0.2, -0.15) is 0 Å². The van der Waals surface area contributed by atoms with Gasteiger partial charge in [0, 0.05) is 10.7 Å². The number of nitrogens with one attached hydrogen (secondary N) is 1. The SMILES string of the molecule is CC(=O)c1cc(F)ccc1OCC(=O)Nc1ccc(Cl)cc1. The maximum Gasteiger partial charge on any atom is 0.262 e. The van der Waals surface area contributed by atoms with E-state index in [4.69, 9.17) is 16.3 Å². The quantitative estimate of drug-likeness (QED) is 0.854. The van der Waals surface area contributed by atoms with Gasteiger partial charge >= 0.3 is 0 Å². The number of rotatable bonds is 5. The number of anilines is 1. The van der Waals surface area contributed by atoms with Gasteiger partial charge in [0.05, 0.1) is 5.56 Å². The molecule has 0 radical (unpaired) electrons. The Bertz CT molecular complexity index is 701. The zero-order valence-electron chi connectivity index (χ0n) is 11.7. The summed E-state index contributed by atoms with van der Waals surface area (Å²) in [5, 5.41) is 3.18. The maximum atomic E-state index is 13.1. The lowest BCUT2D eigenvalue weighted by Crippen LogP contribution is -2.20. The highest BCUT2D eigenvalue weighted by Crippen LogP contribution is 2.20. The molecule has 0 unspecified atom stereocenters. The first kappa shape index (κ1) is 16.0. The van der Waals surface area contributed by atoms with Crippen LogP contribution in [0.25, 0.3) is 0 Å².